The van der Waals surface area contributed by atoms with Gasteiger partial charge in [0.1, 0.15) is 5.75 Å². The van der Waals surface area contributed by atoms with Gasteiger partial charge in [0, 0.05) is 24.8 Å². The van der Waals surface area contributed by atoms with Crippen molar-refractivity contribution in [2.75, 3.05) is 30.3 Å². The van der Waals surface area contributed by atoms with Crippen LogP contribution in [-0.2, 0) is 0 Å². The van der Waals surface area contributed by atoms with Crippen LogP contribution in [0.25, 0.3) is 0 Å². The number of rotatable bonds is 3. The molecule has 4 N–H and O–H groups in total. The second kappa shape index (κ2) is 4.81. The zero-order valence-electron chi connectivity index (χ0n) is 9.84. The Balaban J connectivity index is 2.19. The van der Waals surface area contributed by atoms with Gasteiger partial charge in [-0.2, -0.15) is 0 Å². The SMILES string of the molecule is CCOc1cc(N2CC(O)C(O)C2)ccc1N. The first-order valence-corrected chi connectivity index (χ1v) is 5.75. The lowest BCUT2D eigenvalue weighted by molar-refractivity contribution is 0.0572. The molecule has 94 valence electrons. The summed E-state index contributed by atoms with van der Waals surface area (Å²) in [5.74, 6) is 0.640. The number of ether oxygens (including phenoxy) is 1. The summed E-state index contributed by atoms with van der Waals surface area (Å²) < 4.78 is 5.41. The fraction of sp³-hybridized carbons (Fsp3) is 0.500. The molecule has 0 radical (unpaired) electrons. The molecule has 1 aliphatic heterocycles. The van der Waals surface area contributed by atoms with E-state index >= 15 is 0 Å². The first-order chi connectivity index (χ1) is 8.11. The average Bonchev–Trinajstić information content (AvgIpc) is 2.63. The van der Waals surface area contributed by atoms with Crippen LogP contribution in [0.5, 0.6) is 5.75 Å². The Kier molecular flexibility index (Phi) is 3.40. The highest BCUT2D eigenvalue weighted by Gasteiger charge is 2.29. The topological polar surface area (TPSA) is 79.0 Å². The number of β-amino-alcohol motifs (C(OH)–C–C–N with tert-alkyl or cyclic N) is 2. The van der Waals surface area contributed by atoms with E-state index in [1.54, 1.807) is 6.07 Å². The monoisotopic (exact) mass is 238 g/mol. The van der Waals surface area contributed by atoms with Gasteiger partial charge in [-0.3, -0.25) is 0 Å². The Hall–Kier alpha value is -1.46. The van der Waals surface area contributed by atoms with Crippen molar-refractivity contribution in [3.8, 4) is 5.75 Å². The van der Waals surface area contributed by atoms with Gasteiger partial charge >= 0.3 is 0 Å². The number of nitrogens with zero attached hydrogens (tertiary/aromatic N) is 1. The van der Waals surface area contributed by atoms with Gasteiger partial charge in [0.25, 0.3) is 0 Å². The van der Waals surface area contributed by atoms with Gasteiger partial charge in [-0.25, -0.2) is 0 Å². The Morgan fingerprint density at radius 2 is 2.00 bits per heavy atom. The number of benzene rings is 1. The zero-order valence-corrected chi connectivity index (χ0v) is 9.84. The summed E-state index contributed by atoms with van der Waals surface area (Å²) in [5.41, 5.74) is 7.28. The van der Waals surface area contributed by atoms with Gasteiger partial charge in [0.15, 0.2) is 0 Å². The number of hydrogen-bond acceptors (Lipinski definition) is 5. The molecular formula is C12H18N2O3. The molecule has 0 amide bonds. The third-order valence-electron chi connectivity index (χ3n) is 2.92. The molecule has 2 atom stereocenters. The molecule has 1 aliphatic rings. The highest BCUT2D eigenvalue weighted by molar-refractivity contribution is 5.62. The summed E-state index contributed by atoms with van der Waals surface area (Å²) in [4.78, 5) is 1.91. The first kappa shape index (κ1) is 12.0. The molecule has 0 aliphatic carbocycles. The Morgan fingerprint density at radius 1 is 1.35 bits per heavy atom. The zero-order chi connectivity index (χ0) is 12.4. The standard InChI is InChI=1S/C12H18N2O3/c1-2-17-12-5-8(3-4-9(12)13)14-6-10(15)11(16)7-14/h3-5,10-11,15-16H,2,6-7,13H2,1H3. The van der Waals surface area contributed by atoms with Crippen LogP contribution in [0.4, 0.5) is 11.4 Å². The summed E-state index contributed by atoms with van der Waals surface area (Å²) in [6.07, 6.45) is -1.38. The van der Waals surface area contributed by atoms with Crippen LogP contribution in [0.2, 0.25) is 0 Å². The molecule has 1 fully saturated rings. The van der Waals surface area contributed by atoms with Crippen LogP contribution in [0, 0.1) is 0 Å². The molecule has 1 aromatic carbocycles. The van der Waals surface area contributed by atoms with Crippen molar-refractivity contribution in [3.63, 3.8) is 0 Å². The van der Waals surface area contributed by atoms with Gasteiger partial charge in [-0.05, 0) is 19.1 Å². The molecular weight excluding hydrogens is 220 g/mol. The lowest BCUT2D eigenvalue weighted by atomic mass is 10.2. The molecule has 1 saturated heterocycles. The Morgan fingerprint density at radius 3 is 2.59 bits per heavy atom. The molecule has 5 heteroatoms. The van der Waals surface area contributed by atoms with Crippen molar-refractivity contribution in [1.82, 2.24) is 0 Å². The third kappa shape index (κ3) is 2.45. The summed E-state index contributed by atoms with van der Waals surface area (Å²) in [6, 6.07) is 5.48. The molecule has 0 bridgehead atoms. The quantitative estimate of drug-likeness (QED) is 0.656. The van der Waals surface area contributed by atoms with Crippen LogP contribution >= 0.6 is 0 Å². The molecule has 1 heterocycles. The molecule has 5 nitrogen and oxygen atoms in total. The molecule has 2 unspecified atom stereocenters. The van der Waals surface area contributed by atoms with Crippen LogP contribution in [0.3, 0.4) is 0 Å². The molecule has 17 heavy (non-hydrogen) atoms. The van der Waals surface area contributed by atoms with E-state index in [2.05, 4.69) is 0 Å². The predicted octanol–water partition coefficient (Wildman–Crippen LogP) is 0.209. The van der Waals surface area contributed by atoms with Crippen molar-refractivity contribution in [2.24, 2.45) is 0 Å². The van der Waals surface area contributed by atoms with E-state index in [1.807, 2.05) is 24.0 Å². The number of anilines is 2. The first-order valence-electron chi connectivity index (χ1n) is 5.75. The minimum Gasteiger partial charge on any atom is -0.492 e. The minimum atomic E-state index is -0.692. The van der Waals surface area contributed by atoms with E-state index in [0.29, 0.717) is 31.1 Å². The van der Waals surface area contributed by atoms with Crippen LogP contribution in [0.15, 0.2) is 18.2 Å². The predicted molar refractivity (Wildman–Crippen MR) is 66.3 cm³/mol. The number of nitrogens with two attached hydrogens (primary N) is 1. The summed E-state index contributed by atoms with van der Waals surface area (Å²) in [7, 11) is 0. The summed E-state index contributed by atoms with van der Waals surface area (Å²) in [5, 5.41) is 19.0. The molecule has 0 aromatic heterocycles. The average molecular weight is 238 g/mol. The van der Waals surface area contributed by atoms with Gasteiger partial charge < -0.3 is 25.6 Å². The van der Waals surface area contributed by atoms with Crippen LogP contribution in [0.1, 0.15) is 6.92 Å². The van der Waals surface area contributed by atoms with Gasteiger partial charge in [0.2, 0.25) is 0 Å². The van der Waals surface area contributed by atoms with E-state index in [4.69, 9.17) is 10.5 Å². The van der Waals surface area contributed by atoms with Crippen molar-refractivity contribution in [3.05, 3.63) is 18.2 Å². The van der Waals surface area contributed by atoms with E-state index in [-0.39, 0.29) is 0 Å². The highest BCUT2D eigenvalue weighted by Crippen LogP contribution is 2.29. The van der Waals surface area contributed by atoms with E-state index in [9.17, 15) is 10.2 Å². The van der Waals surface area contributed by atoms with Crippen molar-refractivity contribution in [2.45, 2.75) is 19.1 Å². The second-order valence-corrected chi connectivity index (χ2v) is 4.19. The molecule has 1 aromatic rings. The Bertz CT molecular complexity index is 387. The normalized spacial score (nSPS) is 24.1. The maximum atomic E-state index is 9.51. The third-order valence-corrected chi connectivity index (χ3v) is 2.92. The molecule has 0 saturated carbocycles. The van der Waals surface area contributed by atoms with E-state index in [1.165, 1.54) is 0 Å². The smallest absolute Gasteiger partial charge is 0.144 e. The Labute approximate surface area is 100 Å². The lowest BCUT2D eigenvalue weighted by Crippen LogP contribution is -2.22. The largest absolute Gasteiger partial charge is 0.492 e. The van der Waals surface area contributed by atoms with E-state index < -0.39 is 12.2 Å². The van der Waals surface area contributed by atoms with Crippen molar-refractivity contribution >= 4 is 11.4 Å². The fourth-order valence-electron chi connectivity index (χ4n) is 1.98. The molecule has 0 spiro atoms. The number of aliphatic hydroxyl groups is 2. The van der Waals surface area contributed by atoms with Crippen molar-refractivity contribution in [1.29, 1.82) is 0 Å². The maximum Gasteiger partial charge on any atom is 0.144 e. The van der Waals surface area contributed by atoms with Crippen LogP contribution in [-0.4, -0.2) is 42.1 Å². The van der Waals surface area contributed by atoms with Gasteiger partial charge in [-0.1, -0.05) is 0 Å². The van der Waals surface area contributed by atoms with Gasteiger partial charge in [-0.15, -0.1) is 0 Å². The second-order valence-electron chi connectivity index (χ2n) is 4.19. The molecule has 2 rings (SSSR count). The van der Waals surface area contributed by atoms with E-state index in [0.717, 1.165) is 5.69 Å². The summed E-state index contributed by atoms with van der Waals surface area (Å²) in [6.45, 7) is 3.31. The van der Waals surface area contributed by atoms with Crippen LogP contribution < -0.4 is 15.4 Å². The summed E-state index contributed by atoms with van der Waals surface area (Å²) >= 11 is 0. The number of hydrogen-bond donors (Lipinski definition) is 3. The fourth-order valence-corrected chi connectivity index (χ4v) is 1.98. The highest BCUT2D eigenvalue weighted by atomic mass is 16.5. The van der Waals surface area contributed by atoms with Gasteiger partial charge in [0.05, 0.1) is 24.5 Å². The maximum absolute atomic E-state index is 9.51. The number of aliphatic hydroxyl groups excluding tert-OH is 2. The lowest BCUT2D eigenvalue weighted by Gasteiger charge is -2.19. The number of nitrogen functional groups attached to an aromatic ring is 1. The minimum absolute atomic E-state index is 0.427. The van der Waals surface area contributed by atoms with Crippen molar-refractivity contribution < 1.29 is 14.9 Å².